The summed E-state index contributed by atoms with van der Waals surface area (Å²) in [7, 11) is 0. The van der Waals surface area contributed by atoms with Crippen LogP contribution in [-0.2, 0) is 4.79 Å². The van der Waals surface area contributed by atoms with Gasteiger partial charge in [0.2, 0.25) is 0 Å². The maximum atomic E-state index is 13.1. The van der Waals surface area contributed by atoms with Crippen LogP contribution >= 0.6 is 35.0 Å². The minimum atomic E-state index is -0.511. The van der Waals surface area contributed by atoms with Gasteiger partial charge in [-0.2, -0.15) is 0 Å². The van der Waals surface area contributed by atoms with Crippen LogP contribution < -0.4 is 10.9 Å². The highest BCUT2D eigenvalue weighted by atomic mass is 35.5. The first-order valence-corrected chi connectivity index (χ1v) is 11.3. The standard InChI is InChI=1S/C21H21Cl2N3O2S/c1-3-10(2)29-21-25-19-18(20(28)26-21)16(11-7-8-12(22)13(23)9-11)17-14(24-19)5-4-6-15(17)27/h7-10,16H,3-6H2,1-2H3,(H2,24,25,26,28)/t10-,16-/m1/s1. The van der Waals surface area contributed by atoms with E-state index in [1.165, 1.54) is 11.8 Å². The van der Waals surface area contributed by atoms with Gasteiger partial charge in [-0.15, -0.1) is 0 Å². The van der Waals surface area contributed by atoms with E-state index >= 15 is 0 Å². The van der Waals surface area contributed by atoms with Gasteiger partial charge in [-0.25, -0.2) is 4.98 Å². The Kier molecular flexibility index (Phi) is 5.78. The predicted octanol–water partition coefficient (Wildman–Crippen LogP) is 5.53. The fourth-order valence-electron chi connectivity index (χ4n) is 3.80. The van der Waals surface area contributed by atoms with Crippen molar-refractivity contribution < 1.29 is 4.79 Å². The predicted molar refractivity (Wildman–Crippen MR) is 118 cm³/mol. The van der Waals surface area contributed by atoms with E-state index in [-0.39, 0.29) is 11.3 Å². The zero-order chi connectivity index (χ0) is 20.7. The number of anilines is 1. The average Bonchev–Trinajstić information content (AvgIpc) is 2.68. The summed E-state index contributed by atoms with van der Waals surface area (Å²) < 4.78 is 0. The van der Waals surface area contributed by atoms with Gasteiger partial charge in [-0.05, 0) is 37.0 Å². The first-order valence-electron chi connectivity index (χ1n) is 9.68. The van der Waals surface area contributed by atoms with Crippen molar-refractivity contribution in [3.8, 4) is 0 Å². The Morgan fingerprint density at radius 1 is 1.24 bits per heavy atom. The Hall–Kier alpha value is -1.76. The molecule has 0 spiro atoms. The molecular weight excluding hydrogens is 429 g/mol. The van der Waals surface area contributed by atoms with Gasteiger partial charge >= 0.3 is 0 Å². The summed E-state index contributed by atoms with van der Waals surface area (Å²) in [4.78, 5) is 33.6. The number of benzene rings is 1. The Balaban J connectivity index is 1.90. The molecular formula is C21H21Cl2N3O2S. The lowest BCUT2D eigenvalue weighted by Gasteiger charge is -2.33. The topological polar surface area (TPSA) is 74.8 Å². The number of ketones is 1. The Morgan fingerprint density at radius 3 is 2.76 bits per heavy atom. The number of carbonyl (C=O) groups is 1. The Labute approximate surface area is 183 Å². The summed E-state index contributed by atoms with van der Waals surface area (Å²) >= 11 is 13.9. The minimum absolute atomic E-state index is 0.0536. The number of nitrogens with zero attached hydrogens (tertiary/aromatic N) is 1. The summed E-state index contributed by atoms with van der Waals surface area (Å²) in [6.45, 7) is 4.19. The summed E-state index contributed by atoms with van der Waals surface area (Å²) in [6.07, 6.45) is 2.97. The van der Waals surface area contributed by atoms with Crippen LogP contribution in [0.25, 0.3) is 0 Å². The minimum Gasteiger partial charge on any atom is -0.343 e. The van der Waals surface area contributed by atoms with Crippen molar-refractivity contribution in [2.75, 3.05) is 5.32 Å². The van der Waals surface area contributed by atoms with Crippen molar-refractivity contribution in [3.63, 3.8) is 0 Å². The van der Waals surface area contributed by atoms with Crippen LogP contribution in [0.1, 0.15) is 56.6 Å². The molecule has 0 fully saturated rings. The molecule has 2 atom stereocenters. The summed E-state index contributed by atoms with van der Waals surface area (Å²) in [5.74, 6) is 0.0599. The molecule has 2 aromatic rings. The third kappa shape index (κ3) is 3.86. The van der Waals surface area contributed by atoms with E-state index in [2.05, 4.69) is 29.1 Å². The van der Waals surface area contributed by atoms with Crippen molar-refractivity contribution >= 4 is 46.6 Å². The molecule has 0 saturated heterocycles. The molecule has 0 saturated carbocycles. The van der Waals surface area contributed by atoms with Gasteiger partial charge in [0, 0.05) is 28.9 Å². The first-order chi connectivity index (χ1) is 13.9. The molecule has 0 bridgehead atoms. The van der Waals surface area contributed by atoms with Gasteiger partial charge in [0.25, 0.3) is 5.56 Å². The molecule has 29 heavy (non-hydrogen) atoms. The third-order valence-electron chi connectivity index (χ3n) is 5.40. The third-order valence-corrected chi connectivity index (χ3v) is 7.29. The molecule has 2 heterocycles. The molecule has 5 nitrogen and oxygen atoms in total. The fourth-order valence-corrected chi connectivity index (χ4v) is 4.95. The number of nitrogens with one attached hydrogen (secondary N) is 2. The lowest BCUT2D eigenvalue weighted by molar-refractivity contribution is -0.116. The zero-order valence-electron chi connectivity index (χ0n) is 16.1. The molecule has 1 aliphatic heterocycles. The lowest BCUT2D eigenvalue weighted by Crippen LogP contribution is -2.32. The van der Waals surface area contributed by atoms with Crippen molar-refractivity contribution in [2.45, 2.75) is 55.9 Å². The number of hydrogen-bond acceptors (Lipinski definition) is 5. The van der Waals surface area contributed by atoms with E-state index in [0.29, 0.717) is 43.8 Å². The van der Waals surface area contributed by atoms with E-state index in [0.717, 1.165) is 30.5 Å². The molecule has 0 amide bonds. The smallest absolute Gasteiger partial charge is 0.257 e. The second-order valence-corrected chi connectivity index (χ2v) is 9.61. The second kappa shape index (κ2) is 8.17. The van der Waals surface area contributed by atoms with Crippen LogP contribution in [-0.4, -0.2) is 21.0 Å². The molecule has 0 unspecified atom stereocenters. The molecule has 4 rings (SSSR count). The molecule has 2 N–H and O–H groups in total. The highest BCUT2D eigenvalue weighted by molar-refractivity contribution is 7.99. The van der Waals surface area contributed by atoms with Gasteiger partial charge in [-0.3, -0.25) is 9.59 Å². The number of rotatable bonds is 4. The highest BCUT2D eigenvalue weighted by Gasteiger charge is 2.38. The lowest BCUT2D eigenvalue weighted by atomic mass is 9.76. The van der Waals surface area contributed by atoms with E-state index in [1.54, 1.807) is 12.1 Å². The van der Waals surface area contributed by atoms with Gasteiger partial charge in [-0.1, -0.05) is 54.9 Å². The van der Waals surface area contributed by atoms with E-state index in [4.69, 9.17) is 23.2 Å². The van der Waals surface area contributed by atoms with Crippen molar-refractivity contribution in [3.05, 3.63) is 61.0 Å². The van der Waals surface area contributed by atoms with Crippen LogP contribution in [0.5, 0.6) is 0 Å². The number of carbonyl (C=O) groups excluding carboxylic acids is 1. The number of thioether (sulfide) groups is 1. The normalized spacial score (nSPS) is 19.4. The molecule has 2 aliphatic rings. The Bertz CT molecular complexity index is 1080. The maximum Gasteiger partial charge on any atom is 0.257 e. The number of hydrogen-bond donors (Lipinski definition) is 2. The van der Waals surface area contributed by atoms with E-state index < -0.39 is 5.92 Å². The first kappa shape index (κ1) is 20.5. The van der Waals surface area contributed by atoms with Crippen LogP contribution in [0.3, 0.4) is 0 Å². The van der Waals surface area contributed by atoms with Crippen LogP contribution in [0.2, 0.25) is 10.0 Å². The Morgan fingerprint density at radius 2 is 2.03 bits per heavy atom. The number of aromatic amines is 1. The highest BCUT2D eigenvalue weighted by Crippen LogP contribution is 2.44. The number of halogens is 2. The van der Waals surface area contributed by atoms with Crippen molar-refractivity contribution in [1.29, 1.82) is 0 Å². The number of Topliss-reactive ketones (excluding diaryl/α,β-unsaturated/α-hetero) is 1. The number of aromatic nitrogens is 2. The average molecular weight is 450 g/mol. The molecule has 1 aliphatic carbocycles. The van der Waals surface area contributed by atoms with Gasteiger partial charge in [0.05, 0.1) is 15.6 Å². The van der Waals surface area contributed by atoms with Crippen LogP contribution in [0.4, 0.5) is 5.82 Å². The van der Waals surface area contributed by atoms with Gasteiger partial charge in [0.15, 0.2) is 10.9 Å². The quantitative estimate of drug-likeness (QED) is 0.473. The molecule has 1 aromatic heterocycles. The molecule has 1 aromatic carbocycles. The van der Waals surface area contributed by atoms with Gasteiger partial charge in [0.1, 0.15) is 5.82 Å². The SMILES string of the molecule is CC[C@@H](C)Sc1nc2c(c(=O)[nH]1)[C@H](c1ccc(Cl)c(Cl)c1)C1=C(CCCC1=O)N2. The number of allylic oxidation sites excluding steroid dienone is 2. The zero-order valence-corrected chi connectivity index (χ0v) is 18.5. The largest absolute Gasteiger partial charge is 0.343 e. The molecule has 8 heteroatoms. The second-order valence-electron chi connectivity index (χ2n) is 7.37. The summed E-state index contributed by atoms with van der Waals surface area (Å²) in [5, 5.41) is 5.01. The maximum absolute atomic E-state index is 13.1. The van der Waals surface area contributed by atoms with Crippen LogP contribution in [0.15, 0.2) is 39.4 Å². The molecule has 152 valence electrons. The van der Waals surface area contributed by atoms with Crippen molar-refractivity contribution in [1.82, 2.24) is 9.97 Å². The number of fused-ring (bicyclic) bond motifs is 1. The molecule has 0 radical (unpaired) electrons. The fraction of sp³-hybridized carbons (Fsp3) is 0.381. The number of H-pyrrole nitrogens is 1. The van der Waals surface area contributed by atoms with Crippen LogP contribution in [0, 0.1) is 0 Å². The van der Waals surface area contributed by atoms with E-state index in [1.807, 2.05) is 6.07 Å². The van der Waals surface area contributed by atoms with E-state index in [9.17, 15) is 9.59 Å². The van der Waals surface area contributed by atoms with Gasteiger partial charge < -0.3 is 10.3 Å². The monoisotopic (exact) mass is 449 g/mol. The van der Waals surface area contributed by atoms with Crippen molar-refractivity contribution in [2.24, 2.45) is 0 Å². The summed E-state index contributed by atoms with van der Waals surface area (Å²) in [6, 6.07) is 5.25. The summed E-state index contributed by atoms with van der Waals surface area (Å²) in [5.41, 5.74) is 2.46.